The molecular formula is C24H23NO5. The Labute approximate surface area is 175 Å². The number of para-hydroxylation sites is 2. The van der Waals surface area contributed by atoms with Crippen molar-refractivity contribution in [1.29, 1.82) is 0 Å². The van der Waals surface area contributed by atoms with Gasteiger partial charge in [0.1, 0.15) is 13.2 Å². The molecule has 0 spiro atoms. The van der Waals surface area contributed by atoms with Crippen LogP contribution in [0.5, 0.6) is 23.0 Å². The van der Waals surface area contributed by atoms with Crippen molar-refractivity contribution in [2.75, 3.05) is 13.7 Å². The normalized spacial score (nSPS) is 14.6. The van der Waals surface area contributed by atoms with Crippen LogP contribution in [0.2, 0.25) is 0 Å². The Morgan fingerprint density at radius 1 is 0.967 bits per heavy atom. The number of hydrogen-bond acceptors (Lipinski definition) is 5. The van der Waals surface area contributed by atoms with E-state index in [1.807, 2.05) is 66.7 Å². The van der Waals surface area contributed by atoms with E-state index in [9.17, 15) is 4.79 Å². The summed E-state index contributed by atoms with van der Waals surface area (Å²) in [6, 6.07) is 22.8. The molecule has 30 heavy (non-hydrogen) atoms. The van der Waals surface area contributed by atoms with Crippen molar-refractivity contribution in [3.8, 4) is 23.0 Å². The standard InChI is InChI=1S/C24H23NO5/c1-27-22-13-18(11-12-20(22)28-15-17-7-3-2-4-8-17)14-25-24(26)23-16-29-19-9-5-6-10-21(19)30-23/h2-13,23H,14-16H2,1H3,(H,25,26)/t23-/m1/s1. The fourth-order valence-electron chi connectivity index (χ4n) is 3.13. The van der Waals surface area contributed by atoms with E-state index in [-0.39, 0.29) is 12.5 Å². The zero-order chi connectivity index (χ0) is 20.8. The van der Waals surface area contributed by atoms with E-state index in [0.29, 0.717) is 36.1 Å². The Balaban J connectivity index is 1.34. The number of methoxy groups -OCH3 is 1. The van der Waals surface area contributed by atoms with Gasteiger partial charge >= 0.3 is 0 Å². The molecule has 0 radical (unpaired) electrons. The molecule has 3 aromatic carbocycles. The van der Waals surface area contributed by atoms with Crippen LogP contribution in [0.4, 0.5) is 0 Å². The molecule has 0 aliphatic carbocycles. The van der Waals surface area contributed by atoms with Crippen molar-refractivity contribution in [3.63, 3.8) is 0 Å². The summed E-state index contributed by atoms with van der Waals surface area (Å²) in [6.45, 7) is 0.974. The molecule has 0 saturated heterocycles. The van der Waals surface area contributed by atoms with Crippen LogP contribution in [0.3, 0.4) is 0 Å². The monoisotopic (exact) mass is 405 g/mol. The Kier molecular flexibility index (Phi) is 6.03. The lowest BCUT2D eigenvalue weighted by atomic mass is 10.2. The number of carbonyl (C=O) groups is 1. The second-order valence-electron chi connectivity index (χ2n) is 6.84. The van der Waals surface area contributed by atoms with Gasteiger partial charge in [-0.15, -0.1) is 0 Å². The van der Waals surface area contributed by atoms with Crippen LogP contribution in [0.1, 0.15) is 11.1 Å². The first-order valence-electron chi connectivity index (χ1n) is 9.73. The van der Waals surface area contributed by atoms with Crippen LogP contribution in [0.25, 0.3) is 0 Å². The zero-order valence-electron chi connectivity index (χ0n) is 16.7. The Morgan fingerprint density at radius 3 is 2.53 bits per heavy atom. The number of amides is 1. The van der Waals surface area contributed by atoms with E-state index in [0.717, 1.165) is 11.1 Å². The van der Waals surface area contributed by atoms with Crippen LogP contribution in [-0.2, 0) is 17.9 Å². The van der Waals surface area contributed by atoms with Gasteiger partial charge < -0.3 is 24.3 Å². The lowest BCUT2D eigenvalue weighted by Crippen LogP contribution is -2.43. The van der Waals surface area contributed by atoms with Crippen LogP contribution in [0.15, 0.2) is 72.8 Å². The molecule has 154 valence electrons. The Bertz CT molecular complexity index is 1010. The summed E-state index contributed by atoms with van der Waals surface area (Å²) in [5.41, 5.74) is 1.97. The smallest absolute Gasteiger partial charge is 0.264 e. The molecule has 0 saturated carbocycles. The summed E-state index contributed by atoms with van der Waals surface area (Å²) in [5, 5.41) is 2.89. The number of hydrogen-bond donors (Lipinski definition) is 1. The maximum absolute atomic E-state index is 12.5. The molecule has 1 aliphatic rings. The highest BCUT2D eigenvalue weighted by Crippen LogP contribution is 2.31. The van der Waals surface area contributed by atoms with E-state index >= 15 is 0 Å². The van der Waals surface area contributed by atoms with Crippen molar-refractivity contribution in [3.05, 3.63) is 83.9 Å². The first-order valence-corrected chi connectivity index (χ1v) is 9.73. The first-order chi connectivity index (χ1) is 14.7. The van der Waals surface area contributed by atoms with Crippen LogP contribution in [0, 0.1) is 0 Å². The SMILES string of the molecule is COc1cc(CNC(=O)[C@H]2COc3ccccc3O2)ccc1OCc1ccccc1. The average Bonchev–Trinajstić information content (AvgIpc) is 2.81. The zero-order valence-corrected chi connectivity index (χ0v) is 16.7. The number of fused-ring (bicyclic) bond motifs is 1. The maximum Gasteiger partial charge on any atom is 0.264 e. The number of ether oxygens (including phenoxy) is 4. The van der Waals surface area contributed by atoms with E-state index in [1.165, 1.54) is 0 Å². The number of benzene rings is 3. The molecule has 0 bridgehead atoms. The molecule has 1 amide bonds. The van der Waals surface area contributed by atoms with Gasteiger partial charge in [0, 0.05) is 6.54 Å². The summed E-state index contributed by atoms with van der Waals surface area (Å²) >= 11 is 0. The van der Waals surface area contributed by atoms with Gasteiger partial charge in [-0.2, -0.15) is 0 Å². The quantitative estimate of drug-likeness (QED) is 0.649. The van der Waals surface area contributed by atoms with Crippen molar-refractivity contribution < 1.29 is 23.7 Å². The second kappa shape index (κ2) is 9.22. The third kappa shape index (κ3) is 4.66. The molecule has 1 atom stereocenters. The largest absolute Gasteiger partial charge is 0.493 e. The fourth-order valence-corrected chi connectivity index (χ4v) is 3.13. The van der Waals surface area contributed by atoms with Crippen LogP contribution >= 0.6 is 0 Å². The predicted octanol–water partition coefficient (Wildman–Crippen LogP) is 3.73. The Morgan fingerprint density at radius 2 is 1.73 bits per heavy atom. The minimum atomic E-state index is -0.685. The maximum atomic E-state index is 12.5. The van der Waals surface area contributed by atoms with Crippen LogP contribution < -0.4 is 24.3 Å². The molecule has 0 aromatic heterocycles. The van der Waals surface area contributed by atoms with Gasteiger partial charge in [-0.05, 0) is 35.4 Å². The molecule has 0 unspecified atom stereocenters. The molecule has 1 aliphatic heterocycles. The molecule has 3 aromatic rings. The third-order valence-corrected chi connectivity index (χ3v) is 4.73. The van der Waals surface area contributed by atoms with E-state index in [1.54, 1.807) is 13.2 Å². The van der Waals surface area contributed by atoms with Gasteiger partial charge in [0.15, 0.2) is 23.0 Å². The minimum Gasteiger partial charge on any atom is -0.493 e. The lowest BCUT2D eigenvalue weighted by molar-refractivity contribution is -0.130. The molecule has 0 fully saturated rings. The van der Waals surface area contributed by atoms with Crippen molar-refractivity contribution in [2.45, 2.75) is 19.3 Å². The van der Waals surface area contributed by atoms with Gasteiger partial charge in [-0.3, -0.25) is 4.79 Å². The Hall–Kier alpha value is -3.67. The van der Waals surface area contributed by atoms with Crippen LogP contribution in [-0.4, -0.2) is 25.7 Å². The van der Waals surface area contributed by atoms with Gasteiger partial charge in [0.25, 0.3) is 5.91 Å². The highest BCUT2D eigenvalue weighted by molar-refractivity contribution is 5.81. The topological polar surface area (TPSA) is 66.0 Å². The number of rotatable bonds is 7. The van der Waals surface area contributed by atoms with Gasteiger partial charge in [0.05, 0.1) is 7.11 Å². The van der Waals surface area contributed by atoms with E-state index < -0.39 is 6.10 Å². The molecule has 6 nitrogen and oxygen atoms in total. The average molecular weight is 405 g/mol. The molecule has 4 rings (SSSR count). The number of carbonyl (C=O) groups excluding carboxylic acids is 1. The highest BCUT2D eigenvalue weighted by Gasteiger charge is 2.27. The molecule has 1 N–H and O–H groups in total. The summed E-state index contributed by atoms with van der Waals surface area (Å²) < 4.78 is 22.7. The molecule has 1 heterocycles. The summed E-state index contributed by atoms with van der Waals surface area (Å²) in [4.78, 5) is 12.5. The summed E-state index contributed by atoms with van der Waals surface area (Å²) in [5.74, 6) is 2.26. The van der Waals surface area contributed by atoms with Crippen molar-refractivity contribution in [1.82, 2.24) is 5.32 Å². The first kappa shape index (κ1) is 19.6. The predicted molar refractivity (Wildman–Crippen MR) is 112 cm³/mol. The lowest BCUT2D eigenvalue weighted by Gasteiger charge is -2.25. The van der Waals surface area contributed by atoms with Gasteiger partial charge in [0.2, 0.25) is 6.10 Å². The molecule has 6 heteroatoms. The molecular weight excluding hydrogens is 382 g/mol. The summed E-state index contributed by atoms with van der Waals surface area (Å²) in [6.07, 6.45) is -0.685. The van der Waals surface area contributed by atoms with Crippen molar-refractivity contribution in [2.24, 2.45) is 0 Å². The third-order valence-electron chi connectivity index (χ3n) is 4.73. The second-order valence-corrected chi connectivity index (χ2v) is 6.84. The van der Waals surface area contributed by atoms with E-state index in [2.05, 4.69) is 5.32 Å². The number of nitrogens with one attached hydrogen (secondary N) is 1. The minimum absolute atomic E-state index is 0.179. The van der Waals surface area contributed by atoms with Crippen molar-refractivity contribution >= 4 is 5.91 Å². The van der Waals surface area contributed by atoms with E-state index in [4.69, 9.17) is 18.9 Å². The summed E-state index contributed by atoms with van der Waals surface area (Å²) in [7, 11) is 1.59. The van der Waals surface area contributed by atoms with Gasteiger partial charge in [-0.25, -0.2) is 0 Å². The van der Waals surface area contributed by atoms with Gasteiger partial charge in [-0.1, -0.05) is 48.5 Å². The fraction of sp³-hybridized carbons (Fsp3) is 0.208. The highest BCUT2D eigenvalue weighted by atomic mass is 16.6.